The summed E-state index contributed by atoms with van der Waals surface area (Å²) >= 11 is 1.67. The number of aromatic nitrogens is 1. The van der Waals surface area contributed by atoms with E-state index in [0.29, 0.717) is 12.3 Å². The maximum absolute atomic E-state index is 11.9. The fourth-order valence-electron chi connectivity index (χ4n) is 2.19. The molecule has 0 radical (unpaired) electrons. The highest BCUT2D eigenvalue weighted by Gasteiger charge is 2.15. The number of piperidine rings is 1. The second-order valence-electron chi connectivity index (χ2n) is 4.73. The Morgan fingerprint density at radius 1 is 1.44 bits per heavy atom. The molecule has 1 aliphatic rings. The van der Waals surface area contributed by atoms with Crippen LogP contribution in [0.2, 0.25) is 0 Å². The zero-order chi connectivity index (χ0) is 12.8. The minimum atomic E-state index is 0.295. The third-order valence-corrected chi connectivity index (χ3v) is 4.29. The summed E-state index contributed by atoms with van der Waals surface area (Å²) in [5, 5.41) is 3.32. The quantitative estimate of drug-likeness (QED) is 0.829. The molecule has 18 heavy (non-hydrogen) atoms. The van der Waals surface area contributed by atoms with Gasteiger partial charge in [-0.15, -0.1) is 11.3 Å². The van der Waals surface area contributed by atoms with Gasteiger partial charge in [-0.25, -0.2) is 4.98 Å². The number of nitrogens with zero attached hydrogens (tertiary/aromatic N) is 2. The van der Waals surface area contributed by atoms with Crippen molar-refractivity contribution in [3.05, 3.63) is 16.1 Å². The maximum Gasteiger partial charge on any atom is 0.223 e. The summed E-state index contributed by atoms with van der Waals surface area (Å²) in [5.41, 5.74) is 2.96. The first-order chi connectivity index (χ1) is 8.77. The summed E-state index contributed by atoms with van der Waals surface area (Å²) in [5.74, 6) is 0.295. The predicted octanol–water partition coefficient (Wildman–Crippen LogP) is 1.94. The number of amides is 1. The smallest absolute Gasteiger partial charge is 0.223 e. The number of hydrogen-bond acceptors (Lipinski definition) is 4. The molecule has 1 aromatic rings. The van der Waals surface area contributed by atoms with Gasteiger partial charge in [-0.2, -0.15) is 0 Å². The molecule has 1 N–H and O–H groups in total. The fourth-order valence-corrected chi connectivity index (χ4v) is 2.94. The van der Waals surface area contributed by atoms with Crippen LogP contribution in [0, 0.1) is 6.92 Å². The van der Waals surface area contributed by atoms with Crippen molar-refractivity contribution in [2.45, 2.75) is 39.2 Å². The van der Waals surface area contributed by atoms with Crippen molar-refractivity contribution in [1.82, 2.24) is 15.2 Å². The van der Waals surface area contributed by atoms with Crippen LogP contribution in [0.1, 0.15) is 36.3 Å². The molecule has 2 rings (SSSR count). The highest BCUT2D eigenvalue weighted by atomic mass is 32.1. The molecule has 0 bridgehead atoms. The van der Waals surface area contributed by atoms with Crippen LogP contribution in [0.4, 0.5) is 0 Å². The standard InChI is InChI=1S/C13H21N3OS/c1-11-12(18-10-15-11)9-14-6-5-13(17)16-7-3-2-4-8-16/h10,14H,2-9H2,1H3. The largest absolute Gasteiger partial charge is 0.343 e. The summed E-state index contributed by atoms with van der Waals surface area (Å²) in [7, 11) is 0. The number of carbonyl (C=O) groups is 1. The van der Waals surface area contributed by atoms with Gasteiger partial charge in [0.05, 0.1) is 11.2 Å². The SMILES string of the molecule is Cc1ncsc1CNCCC(=O)N1CCCCC1. The molecule has 0 atom stereocenters. The third-order valence-electron chi connectivity index (χ3n) is 3.35. The van der Waals surface area contributed by atoms with E-state index in [2.05, 4.69) is 10.3 Å². The van der Waals surface area contributed by atoms with Gasteiger partial charge in [0.2, 0.25) is 5.91 Å². The molecule has 0 aromatic carbocycles. The lowest BCUT2D eigenvalue weighted by Gasteiger charge is -2.26. The van der Waals surface area contributed by atoms with E-state index in [1.807, 2.05) is 17.3 Å². The number of likely N-dealkylation sites (tertiary alicyclic amines) is 1. The molecule has 0 spiro atoms. The molecule has 1 aromatic heterocycles. The fraction of sp³-hybridized carbons (Fsp3) is 0.692. The Bertz CT molecular complexity index is 385. The molecule has 1 amide bonds. The molecule has 0 saturated carbocycles. The topological polar surface area (TPSA) is 45.2 Å². The number of aryl methyl sites for hydroxylation is 1. The minimum absolute atomic E-state index is 0.295. The van der Waals surface area contributed by atoms with Crippen LogP contribution in [0.3, 0.4) is 0 Å². The Balaban J connectivity index is 1.63. The van der Waals surface area contributed by atoms with Gasteiger partial charge in [0.15, 0.2) is 0 Å². The van der Waals surface area contributed by atoms with E-state index in [0.717, 1.165) is 31.9 Å². The highest BCUT2D eigenvalue weighted by molar-refractivity contribution is 7.09. The minimum Gasteiger partial charge on any atom is -0.343 e. The van der Waals surface area contributed by atoms with E-state index >= 15 is 0 Å². The number of carbonyl (C=O) groups excluding carboxylic acids is 1. The lowest BCUT2D eigenvalue weighted by Crippen LogP contribution is -2.37. The highest BCUT2D eigenvalue weighted by Crippen LogP contribution is 2.12. The first-order valence-electron chi connectivity index (χ1n) is 6.65. The molecule has 0 aliphatic carbocycles. The van der Waals surface area contributed by atoms with Gasteiger partial charge in [0.25, 0.3) is 0 Å². The summed E-state index contributed by atoms with van der Waals surface area (Å²) < 4.78 is 0. The van der Waals surface area contributed by atoms with E-state index in [1.165, 1.54) is 24.1 Å². The van der Waals surface area contributed by atoms with Crippen LogP contribution in [0.15, 0.2) is 5.51 Å². The monoisotopic (exact) mass is 267 g/mol. The van der Waals surface area contributed by atoms with Crippen molar-refractivity contribution >= 4 is 17.2 Å². The molecule has 0 unspecified atom stereocenters. The van der Waals surface area contributed by atoms with E-state index in [1.54, 1.807) is 11.3 Å². The van der Waals surface area contributed by atoms with Gasteiger partial charge in [0.1, 0.15) is 0 Å². The number of rotatable bonds is 5. The first kappa shape index (κ1) is 13.5. The molecule has 100 valence electrons. The number of hydrogen-bond donors (Lipinski definition) is 1. The Morgan fingerprint density at radius 2 is 2.22 bits per heavy atom. The summed E-state index contributed by atoms with van der Waals surface area (Å²) in [4.78, 5) is 19.4. The number of thiazole rings is 1. The molecule has 2 heterocycles. The first-order valence-corrected chi connectivity index (χ1v) is 7.53. The van der Waals surface area contributed by atoms with Crippen molar-refractivity contribution in [3.8, 4) is 0 Å². The third kappa shape index (κ3) is 3.78. The lowest BCUT2D eigenvalue weighted by atomic mass is 10.1. The van der Waals surface area contributed by atoms with Crippen LogP contribution >= 0.6 is 11.3 Å². The van der Waals surface area contributed by atoms with Gasteiger partial charge < -0.3 is 10.2 Å². The second-order valence-corrected chi connectivity index (χ2v) is 5.67. The molecule has 1 fully saturated rings. The predicted molar refractivity (Wildman–Crippen MR) is 73.6 cm³/mol. The lowest BCUT2D eigenvalue weighted by molar-refractivity contribution is -0.131. The van der Waals surface area contributed by atoms with Crippen LogP contribution in [0.5, 0.6) is 0 Å². The Labute approximate surface area is 112 Å². The summed E-state index contributed by atoms with van der Waals surface area (Å²) in [6.07, 6.45) is 4.21. The van der Waals surface area contributed by atoms with Crippen LogP contribution < -0.4 is 5.32 Å². The summed E-state index contributed by atoms with van der Waals surface area (Å²) in [6, 6.07) is 0. The van der Waals surface area contributed by atoms with Gasteiger partial charge in [-0.05, 0) is 26.2 Å². The van der Waals surface area contributed by atoms with E-state index in [9.17, 15) is 4.79 Å². The van der Waals surface area contributed by atoms with Crippen LogP contribution in [0.25, 0.3) is 0 Å². The average molecular weight is 267 g/mol. The second kappa shape index (κ2) is 6.85. The molecular weight excluding hydrogens is 246 g/mol. The van der Waals surface area contributed by atoms with Gasteiger partial charge in [-0.3, -0.25) is 4.79 Å². The van der Waals surface area contributed by atoms with Crippen molar-refractivity contribution in [2.24, 2.45) is 0 Å². The zero-order valence-electron chi connectivity index (χ0n) is 10.9. The van der Waals surface area contributed by atoms with Crippen molar-refractivity contribution in [3.63, 3.8) is 0 Å². The molecular formula is C13H21N3OS. The Kier molecular flexibility index (Phi) is 5.13. The number of nitrogens with one attached hydrogen (secondary N) is 1. The van der Waals surface area contributed by atoms with Crippen LogP contribution in [-0.2, 0) is 11.3 Å². The molecule has 1 aliphatic heterocycles. The summed E-state index contributed by atoms with van der Waals surface area (Å²) in [6.45, 7) is 5.50. The van der Waals surface area contributed by atoms with Gasteiger partial charge in [0, 0.05) is 37.5 Å². The van der Waals surface area contributed by atoms with Crippen LogP contribution in [-0.4, -0.2) is 35.4 Å². The van der Waals surface area contributed by atoms with Crippen molar-refractivity contribution in [1.29, 1.82) is 0 Å². The Hall–Kier alpha value is -0.940. The molecule has 1 saturated heterocycles. The van der Waals surface area contributed by atoms with E-state index in [4.69, 9.17) is 0 Å². The van der Waals surface area contributed by atoms with E-state index in [-0.39, 0.29) is 0 Å². The Morgan fingerprint density at radius 3 is 2.89 bits per heavy atom. The average Bonchev–Trinajstić information content (AvgIpc) is 2.81. The zero-order valence-corrected chi connectivity index (χ0v) is 11.8. The normalized spacial score (nSPS) is 15.9. The van der Waals surface area contributed by atoms with Crippen molar-refractivity contribution in [2.75, 3.05) is 19.6 Å². The van der Waals surface area contributed by atoms with Crippen molar-refractivity contribution < 1.29 is 4.79 Å². The maximum atomic E-state index is 11.9. The molecule has 4 nitrogen and oxygen atoms in total. The van der Waals surface area contributed by atoms with E-state index < -0.39 is 0 Å². The van der Waals surface area contributed by atoms with Gasteiger partial charge in [-0.1, -0.05) is 0 Å². The van der Waals surface area contributed by atoms with Gasteiger partial charge >= 0.3 is 0 Å². The molecule has 5 heteroatoms.